The highest BCUT2D eigenvalue weighted by Crippen LogP contribution is 2.40. The predicted octanol–water partition coefficient (Wildman–Crippen LogP) is 3.83. The molecule has 22 heavy (non-hydrogen) atoms. The summed E-state index contributed by atoms with van der Waals surface area (Å²) in [7, 11) is 4.76. The van der Waals surface area contributed by atoms with Gasteiger partial charge in [0, 0.05) is 12.1 Å². The standard InChI is InChI=1S/C17H17NO4/c1-10-5-6-12-14(7-10)22-17(18-12)11-8-15(20-3)16(21-4)9-13(11)19-2/h5-9H,1-4H3. The third-order valence-corrected chi connectivity index (χ3v) is 3.48. The fourth-order valence-electron chi connectivity index (χ4n) is 2.34. The molecule has 0 radical (unpaired) electrons. The zero-order valence-corrected chi connectivity index (χ0v) is 13.0. The Labute approximate surface area is 128 Å². The maximum atomic E-state index is 5.86. The second kappa shape index (κ2) is 5.60. The van der Waals surface area contributed by atoms with Crippen molar-refractivity contribution < 1.29 is 18.6 Å². The average molecular weight is 299 g/mol. The molecule has 0 saturated carbocycles. The van der Waals surface area contributed by atoms with Gasteiger partial charge in [-0.3, -0.25) is 0 Å². The van der Waals surface area contributed by atoms with Crippen LogP contribution >= 0.6 is 0 Å². The Bertz CT molecular complexity index is 823. The molecule has 0 saturated heterocycles. The number of fused-ring (bicyclic) bond motifs is 1. The summed E-state index contributed by atoms with van der Waals surface area (Å²) in [5, 5.41) is 0. The van der Waals surface area contributed by atoms with Crippen molar-refractivity contribution in [1.29, 1.82) is 0 Å². The van der Waals surface area contributed by atoms with Crippen molar-refractivity contribution in [2.45, 2.75) is 6.92 Å². The van der Waals surface area contributed by atoms with E-state index in [4.69, 9.17) is 18.6 Å². The van der Waals surface area contributed by atoms with Gasteiger partial charge in [-0.2, -0.15) is 0 Å². The highest BCUT2D eigenvalue weighted by Gasteiger charge is 2.18. The summed E-state index contributed by atoms with van der Waals surface area (Å²) >= 11 is 0. The van der Waals surface area contributed by atoms with Gasteiger partial charge in [0.15, 0.2) is 17.1 Å². The van der Waals surface area contributed by atoms with Crippen molar-refractivity contribution in [3.05, 3.63) is 35.9 Å². The number of methoxy groups -OCH3 is 3. The van der Waals surface area contributed by atoms with Crippen LogP contribution < -0.4 is 14.2 Å². The van der Waals surface area contributed by atoms with Gasteiger partial charge in [-0.15, -0.1) is 0 Å². The van der Waals surface area contributed by atoms with E-state index in [0.29, 0.717) is 28.7 Å². The number of oxazole rings is 1. The summed E-state index contributed by atoms with van der Waals surface area (Å²) in [6, 6.07) is 9.45. The number of hydrogen-bond donors (Lipinski definition) is 0. The van der Waals surface area contributed by atoms with Gasteiger partial charge in [-0.25, -0.2) is 4.98 Å². The van der Waals surface area contributed by atoms with Gasteiger partial charge < -0.3 is 18.6 Å². The Morgan fingerprint density at radius 1 is 0.864 bits per heavy atom. The molecule has 5 heteroatoms. The molecule has 0 aliphatic carbocycles. The summed E-state index contributed by atoms with van der Waals surface area (Å²) in [5.74, 6) is 2.28. The van der Waals surface area contributed by atoms with Gasteiger partial charge in [-0.1, -0.05) is 6.07 Å². The lowest BCUT2D eigenvalue weighted by molar-refractivity contribution is 0.349. The number of aromatic nitrogens is 1. The summed E-state index contributed by atoms with van der Waals surface area (Å²) < 4.78 is 21.9. The summed E-state index contributed by atoms with van der Waals surface area (Å²) in [6.07, 6.45) is 0. The SMILES string of the molecule is COc1cc(OC)c(-c2nc3ccc(C)cc3o2)cc1OC. The van der Waals surface area contributed by atoms with Crippen LogP contribution in [0.2, 0.25) is 0 Å². The molecule has 114 valence electrons. The molecule has 0 bridgehead atoms. The molecule has 3 aromatic rings. The zero-order valence-electron chi connectivity index (χ0n) is 13.0. The monoisotopic (exact) mass is 299 g/mol. The van der Waals surface area contributed by atoms with E-state index in [1.807, 2.05) is 25.1 Å². The topological polar surface area (TPSA) is 53.7 Å². The minimum absolute atomic E-state index is 0.485. The molecule has 0 atom stereocenters. The van der Waals surface area contributed by atoms with Crippen LogP contribution in [0.5, 0.6) is 17.2 Å². The number of aryl methyl sites for hydroxylation is 1. The number of hydrogen-bond acceptors (Lipinski definition) is 5. The third-order valence-electron chi connectivity index (χ3n) is 3.48. The second-order valence-electron chi connectivity index (χ2n) is 4.90. The average Bonchev–Trinajstić information content (AvgIpc) is 2.96. The maximum Gasteiger partial charge on any atom is 0.231 e. The Morgan fingerprint density at radius 3 is 2.23 bits per heavy atom. The minimum atomic E-state index is 0.485. The maximum absolute atomic E-state index is 5.86. The van der Waals surface area contributed by atoms with E-state index >= 15 is 0 Å². The molecule has 0 aliphatic rings. The van der Waals surface area contributed by atoms with Crippen molar-refractivity contribution >= 4 is 11.1 Å². The fourth-order valence-corrected chi connectivity index (χ4v) is 2.34. The number of benzene rings is 2. The van der Waals surface area contributed by atoms with Gasteiger partial charge >= 0.3 is 0 Å². The minimum Gasteiger partial charge on any atom is -0.496 e. The molecular weight excluding hydrogens is 282 g/mol. The normalized spacial score (nSPS) is 10.7. The van der Waals surface area contributed by atoms with Crippen LogP contribution in [0.3, 0.4) is 0 Å². The lowest BCUT2D eigenvalue weighted by atomic mass is 10.1. The van der Waals surface area contributed by atoms with Crippen molar-refractivity contribution in [1.82, 2.24) is 4.98 Å². The van der Waals surface area contributed by atoms with Crippen LogP contribution in [-0.2, 0) is 0 Å². The number of ether oxygens (including phenoxy) is 3. The fraction of sp³-hybridized carbons (Fsp3) is 0.235. The zero-order chi connectivity index (χ0) is 15.7. The Hall–Kier alpha value is -2.69. The molecule has 0 unspecified atom stereocenters. The molecule has 1 heterocycles. The molecule has 0 spiro atoms. The van der Waals surface area contributed by atoms with Crippen molar-refractivity contribution in [2.75, 3.05) is 21.3 Å². The van der Waals surface area contributed by atoms with Crippen LogP contribution in [0.15, 0.2) is 34.7 Å². The summed E-state index contributed by atoms with van der Waals surface area (Å²) in [5.41, 5.74) is 3.38. The largest absolute Gasteiger partial charge is 0.496 e. The molecule has 3 rings (SSSR count). The van der Waals surface area contributed by atoms with E-state index in [0.717, 1.165) is 16.7 Å². The first kappa shape index (κ1) is 14.3. The first-order chi connectivity index (χ1) is 10.7. The molecule has 1 aromatic heterocycles. The quantitative estimate of drug-likeness (QED) is 0.733. The molecule has 0 aliphatic heterocycles. The molecular formula is C17H17NO4. The molecule has 0 N–H and O–H groups in total. The van der Waals surface area contributed by atoms with Gasteiger partial charge in [0.25, 0.3) is 0 Å². The highest BCUT2D eigenvalue weighted by atomic mass is 16.5. The van der Waals surface area contributed by atoms with Gasteiger partial charge in [0.05, 0.1) is 26.9 Å². The Balaban J connectivity index is 2.19. The lowest BCUT2D eigenvalue weighted by Crippen LogP contribution is -1.94. The van der Waals surface area contributed by atoms with Crippen LogP contribution in [0, 0.1) is 6.92 Å². The van der Waals surface area contributed by atoms with E-state index in [2.05, 4.69) is 4.98 Å². The Kier molecular flexibility index (Phi) is 3.63. The molecule has 2 aromatic carbocycles. The smallest absolute Gasteiger partial charge is 0.231 e. The van der Waals surface area contributed by atoms with Crippen molar-refractivity contribution in [2.24, 2.45) is 0 Å². The first-order valence-electron chi connectivity index (χ1n) is 6.84. The lowest BCUT2D eigenvalue weighted by Gasteiger charge is -2.12. The first-order valence-corrected chi connectivity index (χ1v) is 6.84. The highest BCUT2D eigenvalue weighted by molar-refractivity contribution is 5.79. The number of rotatable bonds is 4. The third kappa shape index (κ3) is 2.35. The van der Waals surface area contributed by atoms with E-state index in [9.17, 15) is 0 Å². The van der Waals surface area contributed by atoms with Gasteiger partial charge in [0.2, 0.25) is 5.89 Å². The van der Waals surface area contributed by atoms with Crippen molar-refractivity contribution in [3.63, 3.8) is 0 Å². The van der Waals surface area contributed by atoms with Gasteiger partial charge in [0.1, 0.15) is 11.3 Å². The van der Waals surface area contributed by atoms with Crippen LogP contribution in [0.1, 0.15) is 5.56 Å². The number of nitrogens with zero attached hydrogens (tertiary/aromatic N) is 1. The van der Waals surface area contributed by atoms with E-state index < -0.39 is 0 Å². The summed E-state index contributed by atoms with van der Waals surface area (Å²) in [4.78, 5) is 4.52. The van der Waals surface area contributed by atoms with Gasteiger partial charge in [-0.05, 0) is 24.6 Å². The van der Waals surface area contributed by atoms with Crippen LogP contribution in [0.25, 0.3) is 22.6 Å². The van der Waals surface area contributed by atoms with E-state index in [-0.39, 0.29) is 0 Å². The molecule has 5 nitrogen and oxygen atoms in total. The van der Waals surface area contributed by atoms with E-state index in [1.165, 1.54) is 0 Å². The van der Waals surface area contributed by atoms with Crippen LogP contribution in [0.4, 0.5) is 0 Å². The summed E-state index contributed by atoms with van der Waals surface area (Å²) in [6.45, 7) is 2.01. The second-order valence-corrected chi connectivity index (χ2v) is 4.90. The predicted molar refractivity (Wildman–Crippen MR) is 83.8 cm³/mol. The van der Waals surface area contributed by atoms with Crippen molar-refractivity contribution in [3.8, 4) is 28.7 Å². The molecule has 0 amide bonds. The van der Waals surface area contributed by atoms with Crippen LogP contribution in [-0.4, -0.2) is 26.3 Å². The van der Waals surface area contributed by atoms with E-state index in [1.54, 1.807) is 33.5 Å². The Morgan fingerprint density at radius 2 is 1.55 bits per heavy atom. The molecule has 0 fully saturated rings.